The number of hydrogen-bond acceptors (Lipinski definition) is 8. The Kier molecular flexibility index (Phi) is 10.2. The van der Waals surface area contributed by atoms with Crippen LogP contribution in [0.25, 0.3) is 33.0 Å². The maximum atomic E-state index is 14.0. The summed E-state index contributed by atoms with van der Waals surface area (Å²) >= 11 is 0. The highest BCUT2D eigenvalue weighted by Crippen LogP contribution is 2.40. The van der Waals surface area contributed by atoms with Crippen LogP contribution < -0.4 is 0 Å². The van der Waals surface area contributed by atoms with E-state index in [1.807, 2.05) is 36.4 Å². The molecule has 0 unspecified atom stereocenters. The average molecular weight is 771 g/mol. The third-order valence-corrected chi connectivity index (χ3v) is 13.0. The lowest BCUT2D eigenvalue weighted by Gasteiger charge is -2.36. The summed E-state index contributed by atoms with van der Waals surface area (Å²) in [5, 5.41) is 1.93. The molecule has 4 bridgehead atoms. The number of aromatic amines is 2. The maximum absolute atomic E-state index is 14.0. The van der Waals surface area contributed by atoms with Crippen molar-refractivity contribution in [2.24, 2.45) is 0 Å². The summed E-state index contributed by atoms with van der Waals surface area (Å²) in [6, 6.07) is 16.2. The molecule has 7 aliphatic heterocycles. The van der Waals surface area contributed by atoms with E-state index in [1.54, 1.807) is 14.1 Å². The lowest BCUT2D eigenvalue weighted by Crippen LogP contribution is -2.47. The monoisotopic (exact) mass is 770 g/mol. The molecule has 9 heterocycles. The number of imide groups is 2. The molecule has 7 aliphatic rings. The number of carbonyl (C=O) groups is 4. The summed E-state index contributed by atoms with van der Waals surface area (Å²) in [4.78, 5) is 74.9. The molecule has 2 saturated heterocycles. The Morgan fingerprint density at radius 2 is 0.825 bits per heavy atom. The number of hydrogen-bond donors (Lipinski definition) is 2. The van der Waals surface area contributed by atoms with Crippen LogP contribution in [0.3, 0.4) is 0 Å². The van der Waals surface area contributed by atoms with E-state index >= 15 is 0 Å². The Morgan fingerprint density at radius 1 is 0.439 bits per heavy atom. The predicted molar refractivity (Wildman–Crippen MR) is 222 cm³/mol. The van der Waals surface area contributed by atoms with Gasteiger partial charge in [-0.25, -0.2) is 0 Å². The van der Waals surface area contributed by atoms with Crippen LogP contribution in [-0.4, -0.2) is 143 Å². The number of aryl methyl sites for hydroxylation is 2. The second-order valence-corrected chi connectivity index (χ2v) is 16.5. The fraction of sp³-hybridized carbons (Fsp3) is 0.467. The Morgan fingerprint density at radius 3 is 1.25 bits per heavy atom. The van der Waals surface area contributed by atoms with E-state index in [2.05, 4.69) is 41.7 Å². The lowest BCUT2D eigenvalue weighted by molar-refractivity contribution is -0.137. The van der Waals surface area contributed by atoms with Crippen LogP contribution in [0.15, 0.2) is 59.9 Å². The molecule has 0 atom stereocenters. The van der Waals surface area contributed by atoms with Gasteiger partial charge in [0.05, 0.1) is 11.1 Å². The summed E-state index contributed by atoms with van der Waals surface area (Å²) in [7, 11) is 3.21. The SMILES string of the molecule is CN1C(=O)C2=C(C1=O)N1CCN(CCCCCCN3CCN(CC3)C3=C(C(=O)N(C)C3=O)c3c([nH]c4ccccc34)CCCCCc3[nH]c4ccccc4c32)CC1. The van der Waals surface area contributed by atoms with E-state index < -0.39 is 0 Å². The second-order valence-electron chi connectivity index (χ2n) is 16.5. The van der Waals surface area contributed by atoms with E-state index in [4.69, 9.17) is 0 Å². The van der Waals surface area contributed by atoms with Crippen LogP contribution >= 0.6 is 0 Å². The highest BCUT2D eigenvalue weighted by molar-refractivity contribution is 6.38. The van der Waals surface area contributed by atoms with Crippen molar-refractivity contribution in [1.29, 1.82) is 0 Å². The number of para-hydroxylation sites is 2. The van der Waals surface area contributed by atoms with E-state index in [-0.39, 0.29) is 23.6 Å². The van der Waals surface area contributed by atoms with E-state index in [9.17, 15) is 19.2 Å². The number of amides is 4. The number of nitrogens with one attached hydrogen (secondary N) is 2. The van der Waals surface area contributed by atoms with E-state index in [0.29, 0.717) is 22.5 Å². The van der Waals surface area contributed by atoms with Crippen LogP contribution in [0, 0.1) is 0 Å². The minimum atomic E-state index is -0.237. The van der Waals surface area contributed by atoms with Crippen molar-refractivity contribution in [1.82, 2.24) is 39.4 Å². The van der Waals surface area contributed by atoms with Crippen LogP contribution in [0.2, 0.25) is 0 Å². The van der Waals surface area contributed by atoms with Crippen molar-refractivity contribution in [2.45, 2.75) is 57.8 Å². The fourth-order valence-corrected chi connectivity index (χ4v) is 9.83. The number of H-pyrrole nitrogens is 2. The minimum absolute atomic E-state index is 0.217. The predicted octanol–water partition coefficient (Wildman–Crippen LogP) is 4.83. The summed E-state index contributed by atoms with van der Waals surface area (Å²) in [5.41, 5.74) is 7.72. The van der Waals surface area contributed by atoms with E-state index in [0.717, 1.165) is 155 Å². The molecule has 11 rings (SSSR count). The Hall–Kier alpha value is -5.20. The van der Waals surface area contributed by atoms with Gasteiger partial charge in [0.25, 0.3) is 23.6 Å². The van der Waals surface area contributed by atoms with Gasteiger partial charge in [-0.3, -0.25) is 38.8 Å². The molecular weight excluding hydrogens is 717 g/mol. The molecule has 0 saturated carbocycles. The maximum Gasteiger partial charge on any atom is 0.277 e. The summed E-state index contributed by atoms with van der Waals surface area (Å²) < 4.78 is 0. The van der Waals surface area contributed by atoms with Gasteiger partial charge in [-0.15, -0.1) is 0 Å². The fourth-order valence-electron chi connectivity index (χ4n) is 9.83. The Balaban J connectivity index is 1.05. The normalized spacial score (nSPS) is 23.5. The summed E-state index contributed by atoms with van der Waals surface area (Å²) in [5.74, 6) is -0.908. The van der Waals surface area contributed by atoms with Crippen molar-refractivity contribution in [3.05, 3.63) is 82.4 Å². The quantitative estimate of drug-likeness (QED) is 0.244. The topological polar surface area (TPSA) is 119 Å². The number of nitrogens with zero attached hydrogens (tertiary/aromatic N) is 6. The number of carbonyl (C=O) groups excluding carboxylic acids is 4. The smallest absolute Gasteiger partial charge is 0.277 e. The first-order valence-corrected chi connectivity index (χ1v) is 21.1. The molecule has 2 aromatic carbocycles. The highest BCUT2D eigenvalue weighted by Gasteiger charge is 2.43. The third kappa shape index (κ3) is 6.76. The molecule has 0 spiro atoms. The van der Waals surface area contributed by atoms with Crippen molar-refractivity contribution in [2.75, 3.05) is 79.5 Å². The molecule has 57 heavy (non-hydrogen) atoms. The largest absolute Gasteiger partial charge is 0.364 e. The van der Waals surface area contributed by atoms with Crippen LogP contribution in [0.5, 0.6) is 0 Å². The number of aromatic nitrogens is 2. The molecule has 2 N–H and O–H groups in total. The summed E-state index contributed by atoms with van der Waals surface area (Å²) in [6.45, 7) is 8.42. The molecule has 2 aromatic heterocycles. The average Bonchev–Trinajstić information content (AvgIpc) is 3.91. The number of rotatable bonds is 0. The van der Waals surface area contributed by atoms with Gasteiger partial charge in [0.1, 0.15) is 11.4 Å². The highest BCUT2D eigenvalue weighted by atomic mass is 16.2. The Labute approximate surface area is 334 Å². The number of likely N-dealkylation sites (N-methyl/N-ethyl adjacent to an activating group) is 2. The van der Waals surface area contributed by atoms with Crippen molar-refractivity contribution in [3.63, 3.8) is 0 Å². The third-order valence-electron chi connectivity index (χ3n) is 13.0. The first-order chi connectivity index (χ1) is 27.8. The summed E-state index contributed by atoms with van der Waals surface area (Å²) in [6.07, 6.45) is 8.70. The first kappa shape index (κ1) is 37.4. The molecule has 0 aliphatic carbocycles. The molecule has 2 fully saturated rings. The molecule has 4 aromatic rings. The van der Waals surface area contributed by atoms with Crippen molar-refractivity contribution in [3.8, 4) is 0 Å². The van der Waals surface area contributed by atoms with Gasteiger partial charge in [0, 0.05) is 111 Å². The first-order valence-electron chi connectivity index (χ1n) is 21.1. The van der Waals surface area contributed by atoms with Crippen LogP contribution in [0.4, 0.5) is 0 Å². The number of piperazine rings is 2. The molecule has 12 nitrogen and oxygen atoms in total. The Bertz CT molecular complexity index is 2140. The number of benzene rings is 2. The van der Waals surface area contributed by atoms with Crippen molar-refractivity contribution < 1.29 is 19.2 Å². The second kappa shape index (κ2) is 15.6. The minimum Gasteiger partial charge on any atom is -0.364 e. The van der Waals surface area contributed by atoms with Gasteiger partial charge in [-0.2, -0.15) is 0 Å². The molecule has 0 radical (unpaired) electrons. The van der Waals surface area contributed by atoms with Gasteiger partial charge < -0.3 is 19.8 Å². The molecule has 298 valence electrons. The molecule has 4 amide bonds. The van der Waals surface area contributed by atoms with Gasteiger partial charge >= 0.3 is 0 Å². The van der Waals surface area contributed by atoms with Crippen LogP contribution in [0.1, 0.15) is 67.5 Å². The van der Waals surface area contributed by atoms with Gasteiger partial charge in [-0.05, 0) is 63.7 Å². The van der Waals surface area contributed by atoms with Crippen molar-refractivity contribution >= 4 is 56.6 Å². The molecular formula is C45H54N8O4. The zero-order chi connectivity index (χ0) is 39.2. The van der Waals surface area contributed by atoms with E-state index in [1.165, 1.54) is 22.6 Å². The lowest BCUT2D eigenvalue weighted by atomic mass is 9.96. The zero-order valence-corrected chi connectivity index (χ0v) is 33.4. The zero-order valence-electron chi connectivity index (χ0n) is 33.4. The van der Waals surface area contributed by atoms with Gasteiger partial charge in [-0.1, -0.05) is 55.7 Å². The number of fused-ring (bicyclic) bond motifs is 4. The molecule has 12 heteroatoms. The standard InChI is InChI=1S/C45H54N8O4/c1-48-42(54)38-36-30-14-8-10-16-32(30)46-34(36)18-6-5-7-19-35-37(31-15-9-11-17-33(31)47-35)39-41(45(57)49(2)43(39)55)53-28-24-51(25-29-53)21-13-4-3-12-20-50-22-26-52(27-23-50)40(38)44(48)56/h8-11,14-17,46-47H,3-7,12-13,18-29H2,1-2H3. The van der Waals surface area contributed by atoms with Gasteiger partial charge in [0.15, 0.2) is 0 Å². The van der Waals surface area contributed by atoms with Crippen LogP contribution in [-0.2, 0) is 32.0 Å². The van der Waals surface area contributed by atoms with Gasteiger partial charge in [0.2, 0.25) is 0 Å².